The van der Waals surface area contributed by atoms with E-state index in [2.05, 4.69) is 18.6 Å². The maximum absolute atomic E-state index is 12.2. The van der Waals surface area contributed by atoms with Gasteiger partial charge in [-0.1, -0.05) is 26.0 Å². The smallest absolute Gasteiger partial charge is 0.241 e. The van der Waals surface area contributed by atoms with Gasteiger partial charge in [-0.3, -0.25) is 0 Å². The van der Waals surface area contributed by atoms with Crippen LogP contribution in [0, 0.1) is 5.92 Å². The van der Waals surface area contributed by atoms with Gasteiger partial charge in [-0.25, -0.2) is 13.1 Å². The summed E-state index contributed by atoms with van der Waals surface area (Å²) in [6.45, 7) is 8.14. The van der Waals surface area contributed by atoms with E-state index in [1.54, 1.807) is 26.0 Å². The Balaban J connectivity index is 0.00000400. The first-order valence-corrected chi connectivity index (χ1v) is 8.47. The molecule has 0 heterocycles. The summed E-state index contributed by atoms with van der Waals surface area (Å²) in [5.74, 6) is 0.644. The highest BCUT2D eigenvalue weighted by atomic mass is 35.5. The summed E-state index contributed by atoms with van der Waals surface area (Å²) >= 11 is 0. The number of rotatable bonds is 7. The van der Waals surface area contributed by atoms with Crippen LogP contribution < -0.4 is 10.5 Å². The first-order chi connectivity index (χ1) is 9.16. The van der Waals surface area contributed by atoms with Crippen LogP contribution >= 0.6 is 12.4 Å². The number of hydrogen-bond acceptors (Lipinski definition) is 3. The molecule has 0 bridgehead atoms. The fraction of sp³-hybridized carbons (Fsp3) is 0.600. The van der Waals surface area contributed by atoms with Gasteiger partial charge in [0.2, 0.25) is 10.0 Å². The Morgan fingerprint density at radius 1 is 1.19 bits per heavy atom. The summed E-state index contributed by atoms with van der Waals surface area (Å²) in [4.78, 5) is 0.285. The van der Waals surface area contributed by atoms with E-state index in [4.69, 9.17) is 5.73 Å². The molecular weight excluding hydrogens is 308 g/mol. The predicted octanol–water partition coefficient (Wildman–Crippen LogP) is 2.71. The highest BCUT2D eigenvalue weighted by Crippen LogP contribution is 2.15. The van der Waals surface area contributed by atoms with Crippen molar-refractivity contribution in [1.82, 2.24) is 4.72 Å². The number of nitrogens with one attached hydrogen (secondary N) is 1. The van der Waals surface area contributed by atoms with Crippen molar-refractivity contribution in [3.05, 3.63) is 29.8 Å². The number of hydrogen-bond donors (Lipinski definition) is 2. The van der Waals surface area contributed by atoms with E-state index in [0.29, 0.717) is 5.92 Å². The van der Waals surface area contributed by atoms with E-state index in [1.807, 2.05) is 12.1 Å². The third-order valence-corrected chi connectivity index (χ3v) is 4.88. The van der Waals surface area contributed by atoms with E-state index >= 15 is 0 Å². The summed E-state index contributed by atoms with van der Waals surface area (Å²) in [6, 6.07) is 7.08. The third-order valence-electron chi connectivity index (χ3n) is 3.16. The third kappa shape index (κ3) is 6.78. The average molecular weight is 335 g/mol. The quantitative estimate of drug-likeness (QED) is 0.805. The van der Waals surface area contributed by atoms with Gasteiger partial charge in [0.15, 0.2) is 0 Å². The molecule has 0 saturated carbocycles. The molecule has 0 spiro atoms. The molecule has 0 radical (unpaired) electrons. The van der Waals surface area contributed by atoms with E-state index < -0.39 is 15.6 Å². The Morgan fingerprint density at radius 2 is 1.71 bits per heavy atom. The monoisotopic (exact) mass is 334 g/mol. The number of nitrogens with two attached hydrogens (primary N) is 1. The van der Waals surface area contributed by atoms with Crippen LogP contribution in [0.3, 0.4) is 0 Å². The first kappa shape index (κ1) is 20.4. The molecule has 0 aromatic heterocycles. The molecule has 0 aliphatic carbocycles. The Hall–Kier alpha value is -0.620. The molecule has 1 rings (SSSR count). The molecule has 0 aliphatic rings. The molecule has 1 aromatic rings. The van der Waals surface area contributed by atoms with Gasteiger partial charge in [-0.2, -0.15) is 0 Å². The van der Waals surface area contributed by atoms with Crippen LogP contribution in [-0.4, -0.2) is 20.5 Å². The lowest BCUT2D eigenvalue weighted by Gasteiger charge is -2.23. The largest absolute Gasteiger partial charge is 0.329 e. The van der Waals surface area contributed by atoms with Gasteiger partial charge in [0.25, 0.3) is 0 Å². The topological polar surface area (TPSA) is 72.2 Å². The first-order valence-electron chi connectivity index (χ1n) is 6.99. The second-order valence-electron chi connectivity index (χ2n) is 6.27. The van der Waals surface area contributed by atoms with Crippen molar-refractivity contribution in [1.29, 1.82) is 0 Å². The van der Waals surface area contributed by atoms with Crippen LogP contribution in [0.15, 0.2) is 29.2 Å². The normalized spacial score (nSPS) is 12.3. The van der Waals surface area contributed by atoms with Gasteiger partial charge < -0.3 is 5.73 Å². The molecular formula is C15H27ClN2O2S. The molecule has 0 atom stereocenters. The van der Waals surface area contributed by atoms with Crippen LogP contribution in [0.2, 0.25) is 0 Å². The van der Waals surface area contributed by atoms with Crippen LogP contribution in [0.5, 0.6) is 0 Å². The standard InChI is InChI=1S/C15H26N2O2S.ClH/c1-12(2)5-6-13-7-9-14(10-8-13)20(18,19)17-15(3,4)11-16;/h7-10,12,17H,5-6,11,16H2,1-4H3;1H. The number of aryl methyl sites for hydroxylation is 1. The summed E-state index contributed by atoms with van der Waals surface area (Å²) < 4.78 is 27.1. The molecule has 0 fully saturated rings. The fourth-order valence-electron chi connectivity index (χ4n) is 1.75. The average Bonchev–Trinajstić information content (AvgIpc) is 2.35. The van der Waals surface area contributed by atoms with Crippen molar-refractivity contribution in [2.24, 2.45) is 11.7 Å². The van der Waals surface area contributed by atoms with Gasteiger partial charge in [0, 0.05) is 12.1 Å². The van der Waals surface area contributed by atoms with Gasteiger partial charge in [0.05, 0.1) is 4.90 Å². The molecule has 21 heavy (non-hydrogen) atoms. The molecule has 0 amide bonds. The fourth-order valence-corrected chi connectivity index (χ4v) is 3.18. The van der Waals surface area contributed by atoms with Crippen LogP contribution in [0.4, 0.5) is 0 Å². The number of sulfonamides is 1. The summed E-state index contributed by atoms with van der Waals surface area (Å²) in [5.41, 5.74) is 6.08. The van der Waals surface area contributed by atoms with Crippen molar-refractivity contribution in [3.63, 3.8) is 0 Å². The van der Waals surface area contributed by atoms with Gasteiger partial charge in [-0.15, -0.1) is 12.4 Å². The molecule has 122 valence electrons. The lowest BCUT2D eigenvalue weighted by atomic mass is 10.0. The van der Waals surface area contributed by atoms with Crippen LogP contribution in [0.25, 0.3) is 0 Å². The van der Waals surface area contributed by atoms with Crippen LogP contribution in [0.1, 0.15) is 39.7 Å². The molecule has 3 N–H and O–H groups in total. The Labute approximate surface area is 135 Å². The van der Waals surface area contributed by atoms with E-state index in [-0.39, 0.29) is 23.8 Å². The zero-order valence-electron chi connectivity index (χ0n) is 13.2. The second kappa shape index (κ2) is 8.13. The molecule has 0 unspecified atom stereocenters. The molecule has 4 nitrogen and oxygen atoms in total. The minimum atomic E-state index is -3.51. The maximum Gasteiger partial charge on any atom is 0.241 e. The molecule has 1 aromatic carbocycles. The predicted molar refractivity (Wildman–Crippen MR) is 90.3 cm³/mol. The van der Waals surface area contributed by atoms with Crippen molar-refractivity contribution < 1.29 is 8.42 Å². The van der Waals surface area contributed by atoms with Crippen molar-refractivity contribution in [2.45, 2.75) is 51.0 Å². The Morgan fingerprint density at radius 3 is 2.14 bits per heavy atom. The van der Waals surface area contributed by atoms with E-state index in [9.17, 15) is 8.42 Å². The van der Waals surface area contributed by atoms with Crippen molar-refractivity contribution in [3.8, 4) is 0 Å². The van der Waals surface area contributed by atoms with Gasteiger partial charge in [0.1, 0.15) is 0 Å². The van der Waals surface area contributed by atoms with Crippen LogP contribution in [-0.2, 0) is 16.4 Å². The SMILES string of the molecule is CC(C)CCc1ccc(S(=O)(=O)NC(C)(C)CN)cc1.Cl. The number of benzene rings is 1. The van der Waals surface area contributed by atoms with Crippen molar-refractivity contribution in [2.75, 3.05) is 6.54 Å². The molecule has 0 aliphatic heterocycles. The van der Waals surface area contributed by atoms with Gasteiger partial charge >= 0.3 is 0 Å². The van der Waals surface area contributed by atoms with Gasteiger partial charge in [-0.05, 0) is 50.3 Å². The van der Waals surface area contributed by atoms with E-state index in [0.717, 1.165) is 18.4 Å². The highest BCUT2D eigenvalue weighted by molar-refractivity contribution is 7.89. The summed E-state index contributed by atoms with van der Waals surface area (Å²) in [5, 5.41) is 0. The minimum absolute atomic E-state index is 0. The zero-order valence-corrected chi connectivity index (χ0v) is 14.9. The summed E-state index contributed by atoms with van der Waals surface area (Å²) in [6.07, 6.45) is 2.07. The zero-order chi connectivity index (χ0) is 15.4. The Kier molecular flexibility index (Phi) is 7.89. The summed E-state index contributed by atoms with van der Waals surface area (Å²) in [7, 11) is -3.51. The molecule has 6 heteroatoms. The molecule has 0 saturated heterocycles. The number of halogens is 1. The lowest BCUT2D eigenvalue weighted by Crippen LogP contribution is -2.48. The minimum Gasteiger partial charge on any atom is -0.329 e. The Bertz CT molecular complexity index is 525. The maximum atomic E-state index is 12.2. The van der Waals surface area contributed by atoms with Crippen molar-refractivity contribution >= 4 is 22.4 Å². The van der Waals surface area contributed by atoms with E-state index in [1.165, 1.54) is 0 Å². The lowest BCUT2D eigenvalue weighted by molar-refractivity contribution is 0.462. The second-order valence-corrected chi connectivity index (χ2v) is 7.95. The highest BCUT2D eigenvalue weighted by Gasteiger charge is 2.24.